The molecule has 176 valence electrons. The molecule has 0 saturated carbocycles. The Morgan fingerprint density at radius 2 is 2.06 bits per heavy atom. The van der Waals surface area contributed by atoms with E-state index in [9.17, 15) is 4.79 Å². The van der Waals surface area contributed by atoms with Crippen molar-refractivity contribution in [2.45, 2.75) is 12.8 Å². The summed E-state index contributed by atoms with van der Waals surface area (Å²) in [6.07, 6.45) is 3.58. The fraction of sp³-hybridized carbons (Fsp3) is 0.455. The minimum atomic E-state index is -0.00514. The molecule has 10 nitrogen and oxygen atoms in total. The number of methoxy groups -OCH3 is 1. The molecule has 1 amide bonds. The number of nitrogens with zero attached hydrogens (tertiary/aromatic N) is 5. The molecule has 1 aliphatic heterocycles. The Morgan fingerprint density at radius 3 is 2.76 bits per heavy atom. The number of nitrogens with one attached hydrogen (secondary N) is 2. The van der Waals surface area contributed by atoms with Crippen molar-refractivity contribution in [3.8, 4) is 5.75 Å². The number of anilines is 2. The van der Waals surface area contributed by atoms with Crippen LogP contribution in [0.2, 0.25) is 5.02 Å². The highest BCUT2D eigenvalue weighted by molar-refractivity contribution is 6.32. The molecule has 0 spiro atoms. The van der Waals surface area contributed by atoms with E-state index in [0.717, 1.165) is 36.2 Å². The van der Waals surface area contributed by atoms with Gasteiger partial charge >= 0.3 is 0 Å². The van der Waals surface area contributed by atoms with Gasteiger partial charge in [0.15, 0.2) is 5.65 Å². The number of halogens is 1. The summed E-state index contributed by atoms with van der Waals surface area (Å²) in [5, 5.41) is 12.2. The van der Waals surface area contributed by atoms with E-state index in [2.05, 4.69) is 25.7 Å². The third-order valence-corrected chi connectivity index (χ3v) is 6.17. The number of hydrogen-bond acceptors (Lipinski definition) is 8. The van der Waals surface area contributed by atoms with Crippen molar-refractivity contribution in [1.82, 2.24) is 24.6 Å². The summed E-state index contributed by atoms with van der Waals surface area (Å²) in [5.41, 5.74) is 6.93. The highest BCUT2D eigenvalue weighted by Crippen LogP contribution is 2.27. The van der Waals surface area contributed by atoms with Gasteiger partial charge in [0.2, 0.25) is 5.95 Å². The monoisotopic (exact) mass is 472 g/mol. The number of fused-ring (bicyclic) bond motifs is 1. The van der Waals surface area contributed by atoms with Crippen LogP contribution in [0.4, 0.5) is 11.8 Å². The van der Waals surface area contributed by atoms with E-state index in [1.54, 1.807) is 36.2 Å². The van der Waals surface area contributed by atoms with Crippen LogP contribution < -0.4 is 21.1 Å². The maximum absolute atomic E-state index is 12.9. The lowest BCUT2D eigenvalue weighted by Crippen LogP contribution is -2.40. The first kappa shape index (κ1) is 23.1. The van der Waals surface area contributed by atoms with Crippen LogP contribution in [0.15, 0.2) is 24.4 Å². The molecule has 3 aromatic rings. The minimum Gasteiger partial charge on any atom is -0.495 e. The number of piperidine rings is 1. The number of likely N-dealkylation sites (tertiary alicyclic amines) is 1. The fourth-order valence-electron chi connectivity index (χ4n) is 3.98. The summed E-state index contributed by atoms with van der Waals surface area (Å²) in [4.78, 5) is 23.9. The van der Waals surface area contributed by atoms with E-state index in [4.69, 9.17) is 22.1 Å². The Hall–Kier alpha value is -3.11. The first-order chi connectivity index (χ1) is 16.0. The Balaban J connectivity index is 1.36. The number of hydrogen-bond donors (Lipinski definition) is 3. The van der Waals surface area contributed by atoms with Gasteiger partial charge in [-0.3, -0.25) is 9.48 Å². The van der Waals surface area contributed by atoms with Crippen molar-refractivity contribution in [1.29, 1.82) is 0 Å². The molecule has 0 radical (unpaired) electrons. The number of ether oxygens (including phenoxy) is 1. The van der Waals surface area contributed by atoms with Crippen LogP contribution in [0.1, 0.15) is 23.2 Å². The van der Waals surface area contributed by atoms with Crippen molar-refractivity contribution in [3.63, 3.8) is 0 Å². The molecule has 2 aromatic heterocycles. The number of carbonyl (C=O) groups is 1. The van der Waals surface area contributed by atoms with Gasteiger partial charge < -0.3 is 26.0 Å². The van der Waals surface area contributed by atoms with E-state index in [1.165, 1.54) is 0 Å². The molecule has 33 heavy (non-hydrogen) atoms. The predicted octanol–water partition coefficient (Wildman–Crippen LogP) is 2.36. The molecule has 1 aromatic carbocycles. The standard InChI is InChI=1S/C22H29ClN8O2/c1-30-20-16(13-27-30)19(28-22(29-20)25-8-7-24)26-12-14-5-9-31(10-6-14)21(32)15-3-4-18(33-2)17(23)11-15/h3-4,11,13-14H,5-10,12,24H2,1-2H3,(H2,25,26,28,29). The molecule has 0 bridgehead atoms. The van der Waals surface area contributed by atoms with E-state index < -0.39 is 0 Å². The predicted molar refractivity (Wildman–Crippen MR) is 129 cm³/mol. The largest absolute Gasteiger partial charge is 0.495 e. The molecular formula is C22H29ClN8O2. The second kappa shape index (κ2) is 10.2. The minimum absolute atomic E-state index is 0.00514. The summed E-state index contributed by atoms with van der Waals surface area (Å²) in [6.45, 7) is 3.24. The maximum Gasteiger partial charge on any atom is 0.253 e. The summed E-state index contributed by atoms with van der Waals surface area (Å²) < 4.78 is 6.90. The number of nitrogens with two attached hydrogens (primary N) is 1. The first-order valence-corrected chi connectivity index (χ1v) is 11.4. The molecule has 0 atom stereocenters. The number of aryl methyl sites for hydroxylation is 1. The number of amides is 1. The van der Waals surface area contributed by atoms with Crippen LogP contribution in [0.25, 0.3) is 11.0 Å². The molecule has 4 rings (SSSR count). The molecule has 1 fully saturated rings. The molecule has 3 heterocycles. The average molecular weight is 473 g/mol. The molecule has 0 aliphatic carbocycles. The average Bonchev–Trinajstić information content (AvgIpc) is 3.21. The van der Waals surface area contributed by atoms with Gasteiger partial charge in [0.05, 0.1) is 23.7 Å². The van der Waals surface area contributed by atoms with Gasteiger partial charge in [-0.25, -0.2) is 0 Å². The van der Waals surface area contributed by atoms with Gasteiger partial charge in [0.25, 0.3) is 5.91 Å². The highest BCUT2D eigenvalue weighted by atomic mass is 35.5. The van der Waals surface area contributed by atoms with Crippen molar-refractivity contribution in [2.24, 2.45) is 18.7 Å². The van der Waals surface area contributed by atoms with Crippen LogP contribution in [0, 0.1) is 5.92 Å². The lowest BCUT2D eigenvalue weighted by molar-refractivity contribution is 0.0695. The zero-order chi connectivity index (χ0) is 23.4. The van der Waals surface area contributed by atoms with Crippen molar-refractivity contribution < 1.29 is 9.53 Å². The second-order valence-electron chi connectivity index (χ2n) is 8.08. The molecule has 0 unspecified atom stereocenters. The highest BCUT2D eigenvalue weighted by Gasteiger charge is 2.24. The zero-order valence-electron chi connectivity index (χ0n) is 18.8. The van der Waals surface area contributed by atoms with E-state index in [-0.39, 0.29) is 5.91 Å². The maximum atomic E-state index is 12.9. The zero-order valence-corrected chi connectivity index (χ0v) is 19.6. The first-order valence-electron chi connectivity index (χ1n) is 11.0. The second-order valence-corrected chi connectivity index (χ2v) is 8.49. The third kappa shape index (κ3) is 5.12. The summed E-state index contributed by atoms with van der Waals surface area (Å²) >= 11 is 6.19. The Morgan fingerprint density at radius 1 is 1.27 bits per heavy atom. The van der Waals surface area contributed by atoms with Gasteiger partial charge in [0.1, 0.15) is 11.6 Å². The van der Waals surface area contributed by atoms with E-state index in [1.807, 2.05) is 11.9 Å². The quantitative estimate of drug-likeness (QED) is 0.456. The van der Waals surface area contributed by atoms with Crippen LogP contribution in [-0.4, -0.2) is 70.4 Å². The van der Waals surface area contributed by atoms with Crippen molar-refractivity contribution in [3.05, 3.63) is 35.0 Å². The van der Waals surface area contributed by atoms with Gasteiger partial charge in [-0.15, -0.1) is 0 Å². The molecule has 4 N–H and O–H groups in total. The van der Waals surface area contributed by atoms with Crippen LogP contribution in [0.3, 0.4) is 0 Å². The normalized spacial score (nSPS) is 14.5. The van der Waals surface area contributed by atoms with Gasteiger partial charge in [-0.2, -0.15) is 15.1 Å². The fourth-order valence-corrected chi connectivity index (χ4v) is 4.24. The molecule has 11 heteroatoms. The number of rotatable bonds is 8. The molecule has 1 saturated heterocycles. The SMILES string of the molecule is COc1ccc(C(=O)N2CCC(CNc3nc(NCCN)nc4c3cnn4C)CC2)cc1Cl. The smallest absolute Gasteiger partial charge is 0.253 e. The number of carbonyl (C=O) groups excluding carboxylic acids is 1. The summed E-state index contributed by atoms with van der Waals surface area (Å²) in [7, 11) is 3.41. The van der Waals surface area contributed by atoms with Crippen molar-refractivity contribution >= 4 is 40.3 Å². The van der Waals surface area contributed by atoms with Crippen molar-refractivity contribution in [2.75, 3.05) is 50.5 Å². The molecular weight excluding hydrogens is 444 g/mol. The van der Waals surface area contributed by atoms with E-state index in [0.29, 0.717) is 54.4 Å². The van der Waals surface area contributed by atoms with Crippen LogP contribution in [0.5, 0.6) is 5.75 Å². The third-order valence-electron chi connectivity index (χ3n) is 5.88. The van der Waals surface area contributed by atoms with Gasteiger partial charge in [-0.05, 0) is 37.0 Å². The van der Waals surface area contributed by atoms with Gasteiger partial charge in [-0.1, -0.05) is 11.6 Å². The lowest BCUT2D eigenvalue weighted by Gasteiger charge is -2.32. The van der Waals surface area contributed by atoms with E-state index >= 15 is 0 Å². The van der Waals surface area contributed by atoms with Crippen LogP contribution >= 0.6 is 11.6 Å². The summed E-state index contributed by atoms with van der Waals surface area (Å²) in [5.74, 6) is 2.26. The Kier molecular flexibility index (Phi) is 7.14. The Bertz CT molecular complexity index is 1130. The number of benzene rings is 1. The Labute approximate surface area is 197 Å². The topological polar surface area (TPSA) is 123 Å². The van der Waals surface area contributed by atoms with Gasteiger partial charge in [0, 0.05) is 45.3 Å². The van der Waals surface area contributed by atoms with Crippen LogP contribution in [-0.2, 0) is 7.05 Å². The molecule has 1 aliphatic rings. The summed E-state index contributed by atoms with van der Waals surface area (Å²) in [6, 6.07) is 5.15. The lowest BCUT2D eigenvalue weighted by atomic mass is 9.96. The number of aromatic nitrogens is 4.